The maximum absolute atomic E-state index is 10.2. The first-order chi connectivity index (χ1) is 27.2. The summed E-state index contributed by atoms with van der Waals surface area (Å²) in [7, 11) is 0. The van der Waals surface area contributed by atoms with E-state index in [1.807, 2.05) is 36.4 Å². The highest BCUT2D eigenvalue weighted by Gasteiger charge is 2.21. The first-order valence-corrected chi connectivity index (χ1v) is 18.3. The molecule has 0 aliphatic rings. The summed E-state index contributed by atoms with van der Waals surface area (Å²) in [4.78, 5) is 3.71. The van der Waals surface area contributed by atoms with Gasteiger partial charge in [0.15, 0.2) is 5.69 Å². The lowest BCUT2D eigenvalue weighted by Gasteiger charge is -2.16. The Morgan fingerprint density at radius 1 is 0.436 bits per heavy atom. The molecule has 0 N–H and O–H groups in total. The third-order valence-electron chi connectivity index (χ3n) is 11.1. The topological polar surface area (TPSA) is 42.9 Å². The van der Waals surface area contributed by atoms with Crippen LogP contribution in [0.4, 0.5) is 5.69 Å². The van der Waals surface area contributed by atoms with E-state index in [1.165, 1.54) is 21.8 Å². The Balaban J connectivity index is 1.18. The van der Waals surface area contributed by atoms with Crippen molar-refractivity contribution in [3.63, 3.8) is 0 Å². The highest BCUT2D eigenvalue weighted by atomic mass is 15.0. The molecule has 11 rings (SSSR count). The Kier molecular flexibility index (Phi) is 6.61. The van der Waals surface area contributed by atoms with Crippen LogP contribution >= 0.6 is 0 Å². The van der Waals surface area contributed by atoms with Crippen LogP contribution < -0.4 is 0 Å². The van der Waals surface area contributed by atoms with Crippen molar-refractivity contribution in [1.82, 2.24) is 13.7 Å². The van der Waals surface area contributed by atoms with Crippen LogP contribution in [-0.4, -0.2) is 13.7 Å². The van der Waals surface area contributed by atoms with Gasteiger partial charge in [-0.15, -0.1) is 0 Å². The molecule has 0 unspecified atom stereocenters. The zero-order valence-electron chi connectivity index (χ0n) is 29.5. The van der Waals surface area contributed by atoms with E-state index in [0.717, 1.165) is 71.8 Å². The SMILES string of the molecule is [C-]#[N+]c1ccc2c(c1)c1ccccc1n2-c1cccc(-c2cc(C#N)ccc2-n2c3ccccc3c3c(-n4c5ccccc5c5ccccc54)cccc32)c1. The third-order valence-corrected chi connectivity index (χ3v) is 11.1. The zero-order valence-corrected chi connectivity index (χ0v) is 29.5. The van der Waals surface area contributed by atoms with Crippen LogP contribution in [0.15, 0.2) is 176 Å². The lowest BCUT2D eigenvalue weighted by molar-refractivity contribution is 1.16. The summed E-state index contributed by atoms with van der Waals surface area (Å²) in [5.41, 5.74) is 12.9. The number of fused-ring (bicyclic) bond motifs is 9. The molecular formula is C50H29N5. The fraction of sp³-hybridized carbons (Fsp3) is 0. The highest BCUT2D eigenvalue weighted by Crippen LogP contribution is 2.42. The van der Waals surface area contributed by atoms with Gasteiger partial charge in [-0.25, -0.2) is 4.85 Å². The van der Waals surface area contributed by atoms with Crippen LogP contribution in [0, 0.1) is 17.9 Å². The number of benzene rings is 8. The second-order valence-corrected chi connectivity index (χ2v) is 14.0. The Morgan fingerprint density at radius 3 is 1.69 bits per heavy atom. The standard InChI is InChI=1S/C50H29N5/c1-52-34-25-27-47-41(30-34)38-16-4-6-18-42(38)53(47)35-13-10-12-33(29-35)40-28-32(31-51)24-26-46(40)55-45-21-9-5-17-39(45)50-48(22-11-23-49(50)55)54-43-19-7-2-14-36(43)37-15-3-8-20-44(37)54/h2-30H. The molecule has 3 heterocycles. The number of para-hydroxylation sites is 4. The predicted molar refractivity (Wildman–Crippen MR) is 226 cm³/mol. The number of nitriles is 1. The van der Waals surface area contributed by atoms with Crippen molar-refractivity contribution in [2.45, 2.75) is 0 Å². The maximum Gasteiger partial charge on any atom is 0.188 e. The van der Waals surface area contributed by atoms with Crippen molar-refractivity contribution in [2.24, 2.45) is 0 Å². The number of rotatable bonds is 4. The average molecular weight is 700 g/mol. The first-order valence-electron chi connectivity index (χ1n) is 18.3. The van der Waals surface area contributed by atoms with E-state index in [2.05, 4.69) is 164 Å². The van der Waals surface area contributed by atoms with Gasteiger partial charge in [-0.2, -0.15) is 5.26 Å². The first kappa shape index (κ1) is 30.7. The van der Waals surface area contributed by atoms with E-state index in [1.54, 1.807) is 0 Å². The molecule has 0 radical (unpaired) electrons. The molecule has 5 nitrogen and oxygen atoms in total. The molecule has 0 spiro atoms. The molecule has 0 saturated carbocycles. The number of nitrogens with zero attached hydrogens (tertiary/aromatic N) is 5. The van der Waals surface area contributed by atoms with E-state index < -0.39 is 0 Å². The van der Waals surface area contributed by atoms with Crippen molar-refractivity contribution in [2.75, 3.05) is 0 Å². The van der Waals surface area contributed by atoms with Crippen molar-refractivity contribution in [3.05, 3.63) is 193 Å². The summed E-state index contributed by atoms with van der Waals surface area (Å²) < 4.78 is 7.03. The van der Waals surface area contributed by atoms with Gasteiger partial charge in [0.1, 0.15) is 0 Å². The van der Waals surface area contributed by atoms with Gasteiger partial charge in [-0.1, -0.05) is 97.1 Å². The molecule has 8 aromatic carbocycles. The van der Waals surface area contributed by atoms with E-state index in [9.17, 15) is 5.26 Å². The van der Waals surface area contributed by atoms with Gasteiger partial charge in [0.2, 0.25) is 0 Å². The zero-order chi connectivity index (χ0) is 36.6. The molecule has 0 aliphatic carbocycles. The van der Waals surface area contributed by atoms with Gasteiger partial charge in [-0.05, 0) is 89.8 Å². The van der Waals surface area contributed by atoms with Crippen molar-refractivity contribution in [1.29, 1.82) is 5.26 Å². The van der Waals surface area contributed by atoms with Gasteiger partial charge >= 0.3 is 0 Å². The van der Waals surface area contributed by atoms with Crippen LogP contribution in [0.1, 0.15) is 5.56 Å². The molecule has 11 aromatic rings. The average Bonchev–Trinajstić information content (AvgIpc) is 3.89. The number of hydrogen-bond acceptors (Lipinski definition) is 1. The summed E-state index contributed by atoms with van der Waals surface area (Å²) in [5, 5.41) is 17.1. The number of hydrogen-bond donors (Lipinski definition) is 0. The minimum atomic E-state index is 0.597. The fourth-order valence-electron chi connectivity index (χ4n) is 8.78. The van der Waals surface area contributed by atoms with E-state index >= 15 is 0 Å². The molecule has 0 amide bonds. The molecule has 3 aromatic heterocycles. The summed E-state index contributed by atoms with van der Waals surface area (Å²) in [6.45, 7) is 7.64. The van der Waals surface area contributed by atoms with E-state index in [0.29, 0.717) is 11.3 Å². The third kappa shape index (κ3) is 4.45. The molecule has 0 atom stereocenters. The van der Waals surface area contributed by atoms with Crippen molar-refractivity contribution >= 4 is 71.1 Å². The van der Waals surface area contributed by atoms with Gasteiger partial charge in [0.05, 0.1) is 62.7 Å². The summed E-state index contributed by atoms with van der Waals surface area (Å²) in [5.74, 6) is 0. The predicted octanol–water partition coefficient (Wildman–Crippen LogP) is 13.1. The molecular weight excluding hydrogens is 671 g/mol. The molecule has 254 valence electrons. The van der Waals surface area contributed by atoms with Crippen LogP contribution in [0.2, 0.25) is 0 Å². The van der Waals surface area contributed by atoms with Gasteiger partial charge in [-0.3, -0.25) is 0 Å². The summed E-state index contributed by atoms with van der Waals surface area (Å²) in [6, 6.07) is 63.8. The van der Waals surface area contributed by atoms with E-state index in [-0.39, 0.29) is 0 Å². The second-order valence-electron chi connectivity index (χ2n) is 14.0. The van der Waals surface area contributed by atoms with Crippen molar-refractivity contribution in [3.8, 4) is 34.3 Å². The molecule has 0 fully saturated rings. The fourth-order valence-corrected chi connectivity index (χ4v) is 8.78. The number of aromatic nitrogens is 3. The Labute approximate surface area is 316 Å². The van der Waals surface area contributed by atoms with Gasteiger partial charge < -0.3 is 13.7 Å². The highest BCUT2D eigenvalue weighted by molar-refractivity contribution is 6.17. The smallest absolute Gasteiger partial charge is 0.188 e. The minimum absolute atomic E-state index is 0.597. The van der Waals surface area contributed by atoms with Crippen LogP contribution in [0.5, 0.6) is 0 Å². The van der Waals surface area contributed by atoms with Gasteiger partial charge in [0.25, 0.3) is 0 Å². The lowest BCUT2D eigenvalue weighted by atomic mass is 10.00. The molecule has 0 bridgehead atoms. The van der Waals surface area contributed by atoms with Crippen LogP contribution in [0.25, 0.3) is 98.5 Å². The minimum Gasteiger partial charge on any atom is -0.309 e. The summed E-state index contributed by atoms with van der Waals surface area (Å²) >= 11 is 0. The molecule has 55 heavy (non-hydrogen) atoms. The molecule has 0 saturated heterocycles. The molecule has 5 heteroatoms. The van der Waals surface area contributed by atoms with E-state index in [4.69, 9.17) is 6.57 Å². The van der Waals surface area contributed by atoms with Crippen LogP contribution in [0.3, 0.4) is 0 Å². The normalized spacial score (nSPS) is 11.6. The largest absolute Gasteiger partial charge is 0.309 e. The molecule has 0 aliphatic heterocycles. The Morgan fingerprint density at radius 2 is 1.00 bits per heavy atom. The van der Waals surface area contributed by atoms with Crippen LogP contribution in [-0.2, 0) is 0 Å². The van der Waals surface area contributed by atoms with Gasteiger partial charge in [0, 0.05) is 38.2 Å². The van der Waals surface area contributed by atoms with Crippen molar-refractivity contribution < 1.29 is 0 Å². The quantitative estimate of drug-likeness (QED) is 0.169. The summed E-state index contributed by atoms with van der Waals surface area (Å²) in [6.07, 6.45) is 0. The monoisotopic (exact) mass is 699 g/mol. The second kappa shape index (κ2) is 11.8. The maximum atomic E-state index is 10.2. The lowest BCUT2D eigenvalue weighted by Crippen LogP contribution is -2.00. The Bertz CT molecular complexity index is 3420. The Hall–Kier alpha value is -7.86.